The molecule has 0 spiro atoms. The topological polar surface area (TPSA) is 130 Å². The van der Waals surface area contributed by atoms with Gasteiger partial charge < -0.3 is 20.7 Å². The molecule has 0 bridgehead atoms. The molecule has 4 fully saturated rings. The van der Waals surface area contributed by atoms with E-state index in [4.69, 9.17) is 22.1 Å². The number of hydrogen-bond donors (Lipinski definition) is 3. The molecule has 0 aliphatic heterocycles. The number of benzene rings is 1. The highest BCUT2D eigenvalue weighted by Gasteiger charge is 2.71. The number of Topliss-reactive ketones (excluding diaryl/α,β-unsaturated/α-hetero) is 1. The smallest absolute Gasteiger partial charge is 0.309 e. The van der Waals surface area contributed by atoms with Crippen molar-refractivity contribution in [3.63, 3.8) is 0 Å². The summed E-state index contributed by atoms with van der Waals surface area (Å²) in [5, 5.41) is 22.8. The Balaban J connectivity index is 1.28. The average Bonchev–Trinajstić information content (AvgIpc) is 3.40. The van der Waals surface area contributed by atoms with Gasteiger partial charge >= 0.3 is 11.9 Å². The van der Waals surface area contributed by atoms with Crippen LogP contribution in [-0.2, 0) is 25.7 Å². The van der Waals surface area contributed by atoms with E-state index in [-0.39, 0.29) is 51.8 Å². The van der Waals surface area contributed by atoms with E-state index in [9.17, 15) is 24.6 Å². The first-order valence-corrected chi connectivity index (χ1v) is 21.5. The molecule has 6 rings (SSSR count). The minimum atomic E-state index is -1.17. The van der Waals surface area contributed by atoms with Crippen molar-refractivity contribution in [1.82, 2.24) is 4.90 Å². The molecule has 306 valence electrons. The number of nitrogens with two attached hydrogens (primary N) is 1. The fraction of sp³-hybridized carbons (Fsp3) is 0.761. The zero-order valence-electron chi connectivity index (χ0n) is 35.1. The third-order valence-electron chi connectivity index (χ3n) is 16.7. The zero-order chi connectivity index (χ0) is 40.5. The van der Waals surface area contributed by atoms with E-state index in [0.717, 1.165) is 62.5 Å². The largest absolute Gasteiger partial charge is 0.481 e. The van der Waals surface area contributed by atoms with Gasteiger partial charge in [-0.15, -0.1) is 0 Å². The van der Waals surface area contributed by atoms with Crippen molar-refractivity contribution in [1.29, 1.82) is 0 Å². The molecule has 4 N–H and O–H groups in total. The lowest BCUT2D eigenvalue weighted by Crippen LogP contribution is -2.66. The van der Waals surface area contributed by atoms with Crippen molar-refractivity contribution in [2.24, 2.45) is 61.9 Å². The second-order valence-corrected chi connectivity index (χ2v) is 21.2. The highest BCUT2D eigenvalue weighted by Crippen LogP contribution is 2.77. The molecular formula is C46H69ClN2O6. The van der Waals surface area contributed by atoms with Crippen molar-refractivity contribution in [2.75, 3.05) is 19.6 Å². The van der Waals surface area contributed by atoms with Gasteiger partial charge in [0.25, 0.3) is 0 Å². The van der Waals surface area contributed by atoms with Crippen molar-refractivity contribution >= 4 is 29.3 Å². The Morgan fingerprint density at radius 1 is 0.964 bits per heavy atom. The molecule has 9 atom stereocenters. The summed E-state index contributed by atoms with van der Waals surface area (Å²) in [6.07, 6.45) is 7.00. The van der Waals surface area contributed by atoms with E-state index in [1.54, 1.807) is 13.8 Å². The first-order valence-electron chi connectivity index (χ1n) is 21.1. The van der Waals surface area contributed by atoms with Crippen LogP contribution >= 0.6 is 11.6 Å². The van der Waals surface area contributed by atoms with Crippen LogP contribution in [0.2, 0.25) is 5.02 Å². The Morgan fingerprint density at radius 3 is 2.25 bits per heavy atom. The molecule has 1 aromatic carbocycles. The van der Waals surface area contributed by atoms with Crippen molar-refractivity contribution in [2.45, 2.75) is 145 Å². The number of aliphatic hydroxyl groups is 1. The number of carboxylic acids is 1. The normalized spacial score (nSPS) is 36.2. The lowest BCUT2D eigenvalue weighted by molar-refractivity contribution is -0.235. The van der Waals surface area contributed by atoms with Crippen LogP contribution in [0.4, 0.5) is 0 Å². The number of aliphatic carboxylic acids is 1. The number of halogens is 1. The Morgan fingerprint density at radius 2 is 1.64 bits per heavy atom. The highest BCUT2D eigenvalue weighted by atomic mass is 35.5. The summed E-state index contributed by atoms with van der Waals surface area (Å²) < 4.78 is 6.18. The zero-order valence-corrected chi connectivity index (χ0v) is 35.9. The van der Waals surface area contributed by atoms with E-state index in [1.807, 2.05) is 24.3 Å². The van der Waals surface area contributed by atoms with E-state index in [1.165, 1.54) is 5.57 Å². The standard InChI is InChI=1S/C46H69ClN2O6/c1-28(2)38-32(50)24-46(35(51)27-49(23-22-48)26-29-10-12-30(47)13-11-29)21-20-44(8)31(39(38)46)14-15-34-43(7)18-17-36(55-37(52)25-41(3,4)40(53)54)42(5,6)33(43)16-19-45(34,44)9/h10-13,28,31,33-36,51H,14-27,48H2,1-9H3,(H,53,54)/t31-,33+,34-,35?,36+,43+,44-,45-,46+/m1/s1. The van der Waals surface area contributed by atoms with Crippen molar-refractivity contribution in [3.05, 3.63) is 46.0 Å². The summed E-state index contributed by atoms with van der Waals surface area (Å²) in [4.78, 5) is 41.4. The number of rotatable bonds is 12. The van der Waals surface area contributed by atoms with Crippen LogP contribution in [0.3, 0.4) is 0 Å². The molecule has 0 amide bonds. The summed E-state index contributed by atoms with van der Waals surface area (Å²) in [7, 11) is 0. The highest BCUT2D eigenvalue weighted by molar-refractivity contribution is 6.30. The minimum Gasteiger partial charge on any atom is -0.481 e. The number of fused-ring (bicyclic) bond motifs is 7. The second kappa shape index (κ2) is 14.8. The number of ether oxygens (including phenoxy) is 1. The number of esters is 1. The molecule has 5 aliphatic rings. The molecule has 4 saturated carbocycles. The van der Waals surface area contributed by atoms with Gasteiger partial charge in [0, 0.05) is 48.5 Å². The summed E-state index contributed by atoms with van der Waals surface area (Å²) in [5.41, 5.74) is 7.54. The maximum absolute atomic E-state index is 14.2. The Hall–Kier alpha value is -2.26. The molecule has 0 radical (unpaired) electrons. The fourth-order valence-corrected chi connectivity index (χ4v) is 13.7. The number of nitrogens with zero attached hydrogens (tertiary/aromatic N) is 1. The quantitative estimate of drug-likeness (QED) is 0.180. The second-order valence-electron chi connectivity index (χ2n) is 20.7. The van der Waals surface area contributed by atoms with Crippen LogP contribution in [0.15, 0.2) is 35.4 Å². The van der Waals surface area contributed by atoms with Gasteiger partial charge in [-0.25, -0.2) is 0 Å². The Labute approximate surface area is 335 Å². The molecule has 1 unspecified atom stereocenters. The molecule has 5 aliphatic carbocycles. The predicted octanol–water partition coefficient (Wildman–Crippen LogP) is 8.86. The number of ketones is 1. The summed E-state index contributed by atoms with van der Waals surface area (Å²) in [5.74, 6) is -0.0535. The first-order chi connectivity index (χ1) is 25.6. The van der Waals surface area contributed by atoms with Gasteiger partial charge in [-0.2, -0.15) is 0 Å². The lowest BCUT2D eigenvalue weighted by Gasteiger charge is -2.72. The van der Waals surface area contributed by atoms with Crippen molar-refractivity contribution in [3.8, 4) is 0 Å². The molecule has 0 heterocycles. The monoisotopic (exact) mass is 780 g/mol. The molecule has 1 aromatic rings. The van der Waals surface area contributed by atoms with Gasteiger partial charge in [0.15, 0.2) is 5.78 Å². The number of carbonyl (C=O) groups excluding carboxylic acids is 2. The van der Waals surface area contributed by atoms with Crippen LogP contribution in [0.1, 0.15) is 132 Å². The van der Waals surface area contributed by atoms with Gasteiger partial charge in [0.05, 0.1) is 17.9 Å². The SMILES string of the molecule is CC(C)C1=C2[C@H]3CC[C@@H]4[C@@]5(C)CC[C@H](OC(=O)CC(C)(C)C(=O)O)C(C)(C)[C@@H]5CC[C@@]4(C)[C@]3(C)CC[C@@]2(C(O)CN(CCN)Cc2ccc(Cl)cc2)CC1=O. The van der Waals surface area contributed by atoms with Gasteiger partial charge in [0.1, 0.15) is 6.10 Å². The van der Waals surface area contributed by atoms with Crippen LogP contribution < -0.4 is 5.73 Å². The Bertz CT molecular complexity index is 1690. The van der Waals surface area contributed by atoms with Crippen LogP contribution in [-0.4, -0.2) is 64.7 Å². The number of aliphatic hydroxyl groups excluding tert-OH is 1. The molecule has 0 aromatic heterocycles. The third kappa shape index (κ3) is 6.95. The lowest BCUT2D eigenvalue weighted by atomic mass is 9.33. The average molecular weight is 782 g/mol. The van der Waals surface area contributed by atoms with Crippen molar-refractivity contribution < 1.29 is 29.3 Å². The molecule has 0 saturated heterocycles. The van der Waals surface area contributed by atoms with Gasteiger partial charge in [-0.1, -0.05) is 77.8 Å². The van der Waals surface area contributed by atoms with Crippen LogP contribution in [0, 0.1) is 56.2 Å². The van der Waals surface area contributed by atoms with Gasteiger partial charge in [0.2, 0.25) is 0 Å². The third-order valence-corrected chi connectivity index (χ3v) is 16.9. The summed E-state index contributed by atoms with van der Waals surface area (Å²) in [6.45, 7) is 21.9. The summed E-state index contributed by atoms with van der Waals surface area (Å²) >= 11 is 6.19. The van der Waals surface area contributed by atoms with E-state index in [0.29, 0.717) is 49.5 Å². The number of carbonyl (C=O) groups is 3. The van der Waals surface area contributed by atoms with E-state index >= 15 is 0 Å². The maximum Gasteiger partial charge on any atom is 0.309 e. The van der Waals surface area contributed by atoms with Gasteiger partial charge in [-0.3, -0.25) is 19.3 Å². The number of carboxylic acid groups (broad SMARTS) is 1. The first kappa shape index (κ1) is 42.3. The molecular weight excluding hydrogens is 712 g/mol. The predicted molar refractivity (Wildman–Crippen MR) is 217 cm³/mol. The van der Waals surface area contributed by atoms with Crippen LogP contribution in [0.25, 0.3) is 0 Å². The van der Waals surface area contributed by atoms with E-state index < -0.39 is 28.9 Å². The molecule has 8 nitrogen and oxygen atoms in total. The number of allylic oxidation sites excluding steroid dienone is 1. The summed E-state index contributed by atoms with van der Waals surface area (Å²) in [6, 6.07) is 7.86. The van der Waals surface area contributed by atoms with E-state index in [2.05, 4.69) is 53.4 Å². The Kier molecular flexibility index (Phi) is 11.4. The number of hydrogen-bond acceptors (Lipinski definition) is 7. The molecule has 9 heteroatoms. The minimum absolute atomic E-state index is 0.0320. The molecule has 55 heavy (non-hydrogen) atoms. The van der Waals surface area contributed by atoms with Crippen LogP contribution in [0.5, 0.6) is 0 Å². The fourth-order valence-electron chi connectivity index (χ4n) is 13.6. The van der Waals surface area contributed by atoms with Gasteiger partial charge in [-0.05, 0) is 128 Å². The maximum atomic E-state index is 14.2.